The molecule has 0 aromatic heterocycles. The van der Waals surface area contributed by atoms with E-state index in [4.69, 9.17) is 9.47 Å². The molecule has 2 aromatic rings. The first kappa shape index (κ1) is 18.4. The first-order valence-electron chi connectivity index (χ1n) is 8.75. The molecule has 5 nitrogen and oxygen atoms in total. The molecule has 1 aliphatic rings. The topological polar surface area (TPSA) is 50.8 Å². The standard InChI is InChI=1S/C20H23FN2O3/c21-17-8-4-5-9-19(17)26-15-20(24)22-14-18(16-6-2-1-3-7-16)23-10-12-25-13-11-23/h1-9,18H,10-15H2,(H,22,24). The van der Waals surface area contributed by atoms with E-state index in [1.165, 1.54) is 12.1 Å². The van der Waals surface area contributed by atoms with E-state index in [2.05, 4.69) is 22.3 Å². The number of carbonyl (C=O) groups excluding carboxylic acids is 1. The summed E-state index contributed by atoms with van der Waals surface area (Å²) < 4.78 is 24.2. The van der Waals surface area contributed by atoms with Crippen molar-refractivity contribution in [2.45, 2.75) is 6.04 Å². The molecule has 1 N–H and O–H groups in total. The molecule has 2 aromatic carbocycles. The zero-order valence-electron chi connectivity index (χ0n) is 14.6. The molecule has 1 heterocycles. The highest BCUT2D eigenvalue weighted by Crippen LogP contribution is 2.21. The number of hydrogen-bond acceptors (Lipinski definition) is 4. The van der Waals surface area contributed by atoms with Gasteiger partial charge in [0, 0.05) is 19.6 Å². The van der Waals surface area contributed by atoms with Gasteiger partial charge in [-0.1, -0.05) is 42.5 Å². The first-order chi connectivity index (χ1) is 12.7. The number of para-hydroxylation sites is 1. The second kappa shape index (κ2) is 9.31. The molecule has 0 saturated carbocycles. The SMILES string of the molecule is O=C(COc1ccccc1F)NCC(c1ccccc1)N1CCOCC1. The van der Waals surface area contributed by atoms with Crippen LogP contribution in [-0.2, 0) is 9.53 Å². The Labute approximate surface area is 152 Å². The largest absolute Gasteiger partial charge is 0.481 e. The molecule has 1 amide bonds. The Morgan fingerprint density at radius 3 is 2.54 bits per heavy atom. The highest BCUT2D eigenvalue weighted by molar-refractivity contribution is 5.77. The minimum Gasteiger partial charge on any atom is -0.481 e. The molecule has 1 unspecified atom stereocenters. The summed E-state index contributed by atoms with van der Waals surface area (Å²) in [4.78, 5) is 14.4. The van der Waals surface area contributed by atoms with Crippen LogP contribution in [0.2, 0.25) is 0 Å². The van der Waals surface area contributed by atoms with Crippen LogP contribution >= 0.6 is 0 Å². The maximum atomic E-state index is 13.5. The third-order valence-electron chi connectivity index (χ3n) is 4.36. The maximum Gasteiger partial charge on any atom is 0.258 e. The van der Waals surface area contributed by atoms with Crippen LogP contribution in [-0.4, -0.2) is 50.3 Å². The van der Waals surface area contributed by atoms with Gasteiger partial charge in [-0.15, -0.1) is 0 Å². The lowest BCUT2D eigenvalue weighted by molar-refractivity contribution is -0.123. The summed E-state index contributed by atoms with van der Waals surface area (Å²) in [6.07, 6.45) is 0. The van der Waals surface area contributed by atoms with Crippen LogP contribution in [0.15, 0.2) is 54.6 Å². The van der Waals surface area contributed by atoms with E-state index in [1.54, 1.807) is 12.1 Å². The van der Waals surface area contributed by atoms with Gasteiger partial charge in [-0.25, -0.2) is 4.39 Å². The van der Waals surface area contributed by atoms with Gasteiger partial charge >= 0.3 is 0 Å². The third kappa shape index (κ3) is 5.03. The fraction of sp³-hybridized carbons (Fsp3) is 0.350. The maximum absolute atomic E-state index is 13.5. The van der Waals surface area contributed by atoms with E-state index in [0.29, 0.717) is 19.8 Å². The van der Waals surface area contributed by atoms with E-state index in [0.717, 1.165) is 18.7 Å². The molecule has 6 heteroatoms. The Bertz CT molecular complexity index is 705. The monoisotopic (exact) mass is 358 g/mol. The summed E-state index contributed by atoms with van der Waals surface area (Å²) in [5.74, 6) is -0.673. The van der Waals surface area contributed by atoms with E-state index in [-0.39, 0.29) is 24.3 Å². The van der Waals surface area contributed by atoms with Gasteiger partial charge in [0.25, 0.3) is 5.91 Å². The summed E-state index contributed by atoms with van der Waals surface area (Å²) in [6, 6.07) is 16.2. The molecular formula is C20H23FN2O3. The molecule has 26 heavy (non-hydrogen) atoms. The molecular weight excluding hydrogens is 335 g/mol. The third-order valence-corrected chi connectivity index (χ3v) is 4.36. The van der Waals surface area contributed by atoms with Gasteiger partial charge in [-0.2, -0.15) is 0 Å². The average Bonchev–Trinajstić information content (AvgIpc) is 2.69. The van der Waals surface area contributed by atoms with E-state index in [9.17, 15) is 9.18 Å². The van der Waals surface area contributed by atoms with Crippen molar-refractivity contribution in [1.82, 2.24) is 10.2 Å². The summed E-state index contributed by atoms with van der Waals surface area (Å²) in [7, 11) is 0. The highest BCUT2D eigenvalue weighted by atomic mass is 19.1. The number of halogens is 1. The zero-order chi connectivity index (χ0) is 18.2. The summed E-state index contributed by atoms with van der Waals surface area (Å²) in [5, 5.41) is 2.90. The van der Waals surface area contributed by atoms with Gasteiger partial charge in [0.05, 0.1) is 19.3 Å². The molecule has 1 atom stereocenters. The average molecular weight is 358 g/mol. The van der Waals surface area contributed by atoms with Crippen LogP contribution in [0.4, 0.5) is 4.39 Å². The Morgan fingerprint density at radius 1 is 1.12 bits per heavy atom. The van der Waals surface area contributed by atoms with E-state index >= 15 is 0 Å². The fourth-order valence-electron chi connectivity index (χ4n) is 2.99. The fourth-order valence-corrected chi connectivity index (χ4v) is 2.99. The normalized spacial score (nSPS) is 16.0. The zero-order valence-corrected chi connectivity index (χ0v) is 14.6. The van der Waals surface area contributed by atoms with Gasteiger partial charge in [-0.3, -0.25) is 9.69 Å². The van der Waals surface area contributed by atoms with Crippen molar-refractivity contribution in [3.8, 4) is 5.75 Å². The molecule has 0 bridgehead atoms. The number of rotatable bonds is 7. The van der Waals surface area contributed by atoms with Crippen LogP contribution < -0.4 is 10.1 Å². The predicted molar refractivity (Wildman–Crippen MR) is 96.5 cm³/mol. The highest BCUT2D eigenvalue weighted by Gasteiger charge is 2.23. The molecule has 1 fully saturated rings. The lowest BCUT2D eigenvalue weighted by atomic mass is 10.0. The number of morpholine rings is 1. The van der Waals surface area contributed by atoms with Crippen LogP contribution in [0.25, 0.3) is 0 Å². The quantitative estimate of drug-likeness (QED) is 0.826. The van der Waals surface area contributed by atoms with Gasteiger partial charge in [0.1, 0.15) is 0 Å². The van der Waals surface area contributed by atoms with Gasteiger partial charge in [-0.05, 0) is 17.7 Å². The smallest absolute Gasteiger partial charge is 0.258 e. The van der Waals surface area contributed by atoms with Crippen molar-refractivity contribution in [1.29, 1.82) is 0 Å². The minimum atomic E-state index is -0.476. The van der Waals surface area contributed by atoms with Gasteiger partial charge in [0.15, 0.2) is 18.2 Å². The summed E-state index contributed by atoms with van der Waals surface area (Å²) in [6.45, 7) is 3.26. The van der Waals surface area contributed by atoms with Crippen molar-refractivity contribution in [2.24, 2.45) is 0 Å². The minimum absolute atomic E-state index is 0.0671. The van der Waals surface area contributed by atoms with Gasteiger partial charge in [0.2, 0.25) is 0 Å². The number of carbonyl (C=O) groups is 1. The van der Waals surface area contributed by atoms with Crippen molar-refractivity contribution < 1.29 is 18.7 Å². The van der Waals surface area contributed by atoms with Crippen LogP contribution in [0.3, 0.4) is 0 Å². The first-order valence-corrected chi connectivity index (χ1v) is 8.75. The van der Waals surface area contributed by atoms with Crippen molar-refractivity contribution >= 4 is 5.91 Å². The Kier molecular flexibility index (Phi) is 6.57. The van der Waals surface area contributed by atoms with Crippen molar-refractivity contribution in [2.75, 3.05) is 39.5 Å². The molecule has 138 valence electrons. The molecule has 0 radical (unpaired) electrons. The number of nitrogens with zero attached hydrogens (tertiary/aromatic N) is 1. The van der Waals surface area contributed by atoms with Crippen LogP contribution in [0.1, 0.15) is 11.6 Å². The number of benzene rings is 2. The van der Waals surface area contributed by atoms with E-state index in [1.807, 2.05) is 18.2 Å². The van der Waals surface area contributed by atoms with Crippen molar-refractivity contribution in [3.05, 3.63) is 66.0 Å². The summed E-state index contributed by atoms with van der Waals surface area (Å²) in [5.41, 5.74) is 1.14. The predicted octanol–water partition coefficient (Wildman–Crippen LogP) is 2.39. The number of amides is 1. The molecule has 1 saturated heterocycles. The molecule has 0 spiro atoms. The van der Waals surface area contributed by atoms with Gasteiger partial charge < -0.3 is 14.8 Å². The lowest BCUT2D eigenvalue weighted by Crippen LogP contribution is -2.44. The Morgan fingerprint density at radius 2 is 1.81 bits per heavy atom. The Hall–Kier alpha value is -2.44. The molecule has 0 aliphatic carbocycles. The number of hydrogen-bond donors (Lipinski definition) is 1. The van der Waals surface area contributed by atoms with Crippen molar-refractivity contribution in [3.63, 3.8) is 0 Å². The second-order valence-electron chi connectivity index (χ2n) is 6.10. The molecule has 3 rings (SSSR count). The number of nitrogens with one attached hydrogen (secondary N) is 1. The second-order valence-corrected chi connectivity index (χ2v) is 6.10. The number of ether oxygens (including phenoxy) is 2. The summed E-state index contributed by atoms with van der Waals surface area (Å²) >= 11 is 0. The van der Waals surface area contributed by atoms with Crippen LogP contribution in [0.5, 0.6) is 5.75 Å². The molecule has 1 aliphatic heterocycles. The lowest BCUT2D eigenvalue weighted by Gasteiger charge is -2.34. The Balaban J connectivity index is 1.56. The van der Waals surface area contributed by atoms with E-state index < -0.39 is 5.82 Å². The van der Waals surface area contributed by atoms with Crippen LogP contribution in [0, 0.1) is 5.82 Å².